The number of carbonyl (C=O) groups is 3. The van der Waals surface area contributed by atoms with Crippen molar-refractivity contribution in [3.63, 3.8) is 0 Å². The molecule has 2 aromatic rings. The number of aliphatic hydroxyl groups is 3. The number of furan rings is 1. The van der Waals surface area contributed by atoms with Gasteiger partial charge >= 0.3 is 11.9 Å². The van der Waals surface area contributed by atoms with E-state index >= 15 is 19.5 Å². The smallest absolute Gasteiger partial charge is 0.339 e. The molecule has 97 heavy (non-hydrogen) atoms. The first-order chi connectivity index (χ1) is 47.2. The number of aliphatic hydroxyl groups excluding tert-OH is 3. The molecule has 0 radical (unpaired) electrons. The summed E-state index contributed by atoms with van der Waals surface area (Å²) in [6.07, 6.45) is 35.9. The van der Waals surface area contributed by atoms with Gasteiger partial charge in [0.15, 0.2) is 17.5 Å². The summed E-state index contributed by atoms with van der Waals surface area (Å²) in [5.41, 5.74) is -6.38. The number of aryl methyl sites for hydroxylation is 1. The molecule has 10 bridgehead atoms. The lowest BCUT2D eigenvalue weighted by Gasteiger charge is -2.75. The van der Waals surface area contributed by atoms with Gasteiger partial charge in [-0.05, 0) is 245 Å². The fraction of sp³-hybridized carbons (Fsp3) is 0.750. The summed E-state index contributed by atoms with van der Waals surface area (Å²) < 4.78 is 39.9. The van der Waals surface area contributed by atoms with Gasteiger partial charge in [0.1, 0.15) is 35.1 Å². The molecule has 9 spiro atoms. The zero-order valence-corrected chi connectivity index (χ0v) is 56.9. The number of allylic oxidation sites excluding steroid dienone is 2. The van der Waals surface area contributed by atoms with Gasteiger partial charge in [-0.3, -0.25) is 14.9 Å². The van der Waals surface area contributed by atoms with E-state index in [4.69, 9.17) is 23.4 Å². The number of epoxide rings is 1. The maximum Gasteiger partial charge on any atom is 0.339 e. The van der Waals surface area contributed by atoms with Crippen molar-refractivity contribution in [2.45, 2.75) is 227 Å². The van der Waals surface area contributed by atoms with Crippen LogP contribution in [0.2, 0.25) is 0 Å². The zero-order valence-electron chi connectivity index (χ0n) is 56.9. The Morgan fingerprint density at radius 3 is 2.58 bits per heavy atom. The number of cyclic esters (lactones) is 1. The molecule has 7 aliphatic heterocycles. The predicted octanol–water partition coefficient (Wildman–Crippen LogP) is 11.4. The van der Waals surface area contributed by atoms with Crippen LogP contribution in [0, 0.1) is 144 Å². The molecule has 1 aromatic carbocycles. The molecule has 0 amide bonds. The van der Waals surface area contributed by atoms with Crippen LogP contribution in [0.25, 0.3) is 0 Å². The summed E-state index contributed by atoms with van der Waals surface area (Å²) in [5, 5.41) is 43.0. The number of Topliss-reactive ketones (excluding diaryl/α,β-unsaturated/α-hetero) is 1. The van der Waals surface area contributed by atoms with Gasteiger partial charge in [-0.1, -0.05) is 106 Å². The Hall–Kier alpha value is -4.55. The second-order valence-corrected chi connectivity index (χ2v) is 37.6. The molecule has 29 atom stereocenters. The van der Waals surface area contributed by atoms with Crippen molar-refractivity contribution >= 4 is 17.7 Å². The van der Waals surface area contributed by atoms with Crippen LogP contribution < -0.4 is 5.32 Å². The number of ketones is 1. The molecule has 5 saturated heterocycles. The molecule has 4 N–H and O–H groups in total. The normalized spacial score (nSPS) is 54.1. The van der Waals surface area contributed by atoms with E-state index in [0.717, 1.165) is 127 Å². The number of fused-ring (bicyclic) bond motifs is 9. The number of hydrogen-bond acceptors (Lipinski definition) is 13. The van der Waals surface area contributed by atoms with Crippen LogP contribution >= 0.6 is 0 Å². The van der Waals surface area contributed by atoms with Crippen molar-refractivity contribution in [2.75, 3.05) is 26.4 Å². The van der Waals surface area contributed by atoms with E-state index in [0.29, 0.717) is 68.1 Å². The van der Waals surface area contributed by atoms with E-state index in [-0.39, 0.29) is 89.1 Å². The lowest BCUT2D eigenvalue weighted by atomic mass is 9.27. The monoisotopic (exact) mass is 1310 g/mol. The van der Waals surface area contributed by atoms with Gasteiger partial charge in [0.25, 0.3) is 0 Å². The summed E-state index contributed by atoms with van der Waals surface area (Å²) >= 11 is 0. The minimum Gasteiger partial charge on any atom is -0.469 e. The molecule has 1 aromatic heterocycles. The van der Waals surface area contributed by atoms with Crippen LogP contribution in [0.5, 0.6) is 0 Å². The highest BCUT2D eigenvalue weighted by atomic mass is 16.7. The first-order valence-corrected chi connectivity index (χ1v) is 39.7. The van der Waals surface area contributed by atoms with Gasteiger partial charge in [0.05, 0.1) is 48.5 Å². The average molecular weight is 1310 g/mol. The number of benzene rings is 1. The van der Waals surface area contributed by atoms with Crippen molar-refractivity contribution < 1.29 is 53.1 Å². The molecule has 23 rings (SSSR count). The van der Waals surface area contributed by atoms with E-state index < -0.39 is 97.4 Å². The van der Waals surface area contributed by atoms with Crippen molar-refractivity contribution in [2.24, 2.45) is 133 Å². The van der Waals surface area contributed by atoms with E-state index in [9.17, 15) is 10.2 Å². The molecule has 29 unspecified atom stereocenters. The highest BCUT2D eigenvalue weighted by molar-refractivity contribution is 5.96. The summed E-state index contributed by atoms with van der Waals surface area (Å²) in [6.45, 7) is 3.94. The second kappa shape index (κ2) is 19.0. The van der Waals surface area contributed by atoms with Gasteiger partial charge in [-0.15, -0.1) is 0 Å². The minimum absolute atomic E-state index is 0.0281. The Bertz CT molecular complexity index is 3960. The van der Waals surface area contributed by atoms with Crippen LogP contribution in [-0.4, -0.2) is 106 Å². The number of hydrogen-bond donors (Lipinski definition) is 4. The Morgan fingerprint density at radius 2 is 1.72 bits per heavy atom. The van der Waals surface area contributed by atoms with Gasteiger partial charge < -0.3 is 43.6 Å². The average Bonchev–Trinajstić information content (AvgIpc) is 1.39. The van der Waals surface area contributed by atoms with E-state index in [2.05, 4.69) is 89.8 Å². The Morgan fingerprint density at radius 1 is 0.856 bits per heavy atom. The Balaban J connectivity index is 0.804. The van der Waals surface area contributed by atoms with Crippen molar-refractivity contribution in [3.8, 4) is 11.8 Å². The van der Waals surface area contributed by atoms with Crippen LogP contribution in [0.3, 0.4) is 0 Å². The molecular formula is C84H100N2O11. The number of esters is 2. The first kappa shape index (κ1) is 59.0. The number of carbonyl (C=O) groups excluding carboxylic acids is 3. The topological polar surface area (TPSA) is 181 Å². The molecule has 512 valence electrons. The van der Waals surface area contributed by atoms with E-state index in [1.54, 1.807) is 0 Å². The van der Waals surface area contributed by atoms with Crippen LogP contribution in [0.1, 0.15) is 183 Å². The molecule has 8 heterocycles. The maximum atomic E-state index is 18.4. The molecule has 11 saturated carbocycles. The highest BCUT2D eigenvalue weighted by Crippen LogP contribution is 2.99. The molecule has 16 fully saturated rings. The summed E-state index contributed by atoms with van der Waals surface area (Å²) in [5.74, 6) is 7.39. The van der Waals surface area contributed by atoms with E-state index in [1.165, 1.54) is 43.2 Å². The predicted molar refractivity (Wildman–Crippen MR) is 355 cm³/mol. The fourth-order valence-corrected chi connectivity index (χ4v) is 34.3. The molecule has 13 nitrogen and oxygen atoms in total. The minimum atomic E-state index is -1.56. The second-order valence-electron chi connectivity index (χ2n) is 37.6. The summed E-state index contributed by atoms with van der Waals surface area (Å²) in [6, 6.07) is 11.4. The number of ether oxygens (including phenoxy) is 4. The maximum absolute atomic E-state index is 18.4. The zero-order chi connectivity index (χ0) is 64.6. The third-order valence-electron chi connectivity index (χ3n) is 36.1. The van der Waals surface area contributed by atoms with Crippen LogP contribution in [0.4, 0.5) is 0 Å². The third-order valence-corrected chi connectivity index (χ3v) is 36.1. The number of nitrogens with one attached hydrogen (secondary N) is 1. The molecule has 14 aliphatic carbocycles. The summed E-state index contributed by atoms with van der Waals surface area (Å²) in [4.78, 5) is 55.1. The lowest BCUT2D eigenvalue weighted by Crippen LogP contribution is -2.85. The quantitative estimate of drug-likeness (QED) is 0.0849. The van der Waals surface area contributed by atoms with Gasteiger partial charge in [-0.25, -0.2) is 4.79 Å². The fourth-order valence-electron chi connectivity index (χ4n) is 34.3. The van der Waals surface area contributed by atoms with Crippen molar-refractivity contribution in [3.05, 3.63) is 95.1 Å². The SMILES string of the molecule is CC12CC3C4C56COC(=O)C78C=CC9CC(CC%10=CCC(C%11CCCCC%11)(OC%1057)C6C(=O)C(O)C45C4CC(Cc6ccccc6)CCC4C#CC4CCc6coc(CC(C(O)CO)C7CCC%10C(C=CN%11CNCC%10%11)C7)c6C41OC(=O)C1OC152)C81C3CCC2C3(CCCC3)CCC921. The van der Waals surface area contributed by atoms with E-state index in [1.807, 2.05) is 6.26 Å². The lowest BCUT2D eigenvalue weighted by molar-refractivity contribution is -0.325. The van der Waals surface area contributed by atoms with Crippen molar-refractivity contribution in [1.29, 1.82) is 0 Å². The van der Waals surface area contributed by atoms with Gasteiger partial charge in [-0.2, -0.15) is 0 Å². The van der Waals surface area contributed by atoms with Gasteiger partial charge in [0.2, 0.25) is 0 Å². The van der Waals surface area contributed by atoms with Crippen LogP contribution in [-0.2, 0) is 58.2 Å². The van der Waals surface area contributed by atoms with Crippen LogP contribution in [0.15, 0.2) is 77.1 Å². The molecular weight excluding hydrogens is 1210 g/mol. The first-order valence-electron chi connectivity index (χ1n) is 39.7. The highest BCUT2D eigenvalue weighted by Gasteiger charge is 3.04. The number of nitrogens with zero attached hydrogens (tertiary/aromatic N) is 1. The number of rotatable bonds is 8. The largest absolute Gasteiger partial charge is 0.469 e. The Kier molecular flexibility index (Phi) is 11.6. The van der Waals surface area contributed by atoms with Gasteiger partial charge in [0, 0.05) is 46.7 Å². The van der Waals surface area contributed by atoms with Crippen molar-refractivity contribution in [1.82, 2.24) is 10.2 Å². The molecule has 21 aliphatic rings. The third kappa shape index (κ3) is 6.03. The Labute approximate surface area is 571 Å². The molecule has 13 heteroatoms. The summed E-state index contributed by atoms with van der Waals surface area (Å²) in [7, 11) is 0. The standard InChI is InChI=1S/C84H100N2O11/c1-74-40-59-60-22-23-65-75(27-8-9-28-75)31-32-76(65)54-25-30-79-73(92)94-44-77-68(59)80(70(90)67(89)69(77)78(52-12-6-3-7-13-52)29-24-55(83(77,79)97-78)38-56(37-54)81(60,76)79)61-35-47(34-46-10-4-2-5-11-46)14-15-48(61)16-19-53-20-17-51-43-93-64(66(51)82(53,74)96-72(91)71-84(74,80)95-71)39-58(63(88)42-87)49-18-21-57-50(36-49)26-33-86-45-85-41-62(57)86/h2,4-5,10-11,24-26,30,33,43,47-50,52-54,56-63,65,68-71,85,87-88,90H,3,6-9,12-15,17-18,20-23,27-29,31-32,34-42,44-45H2,1H3.